The molecule has 0 aliphatic heterocycles. The van der Waals surface area contributed by atoms with Crippen molar-refractivity contribution in [2.45, 2.75) is 25.9 Å². The molecule has 0 bridgehead atoms. The van der Waals surface area contributed by atoms with Gasteiger partial charge < -0.3 is 11.1 Å². The molecule has 0 aliphatic rings. The average Bonchev–Trinajstić information content (AvgIpc) is 2.85. The second-order valence-corrected chi connectivity index (χ2v) is 4.87. The molecular formula is C15H20N4O. The SMILES string of the molecule is Cc1cnn(CCNC(=O)[C@@H](N)Cc2ccccc2)c1. The van der Waals surface area contributed by atoms with Gasteiger partial charge in [-0.2, -0.15) is 5.10 Å². The van der Waals surface area contributed by atoms with Crippen LogP contribution in [0.3, 0.4) is 0 Å². The largest absolute Gasteiger partial charge is 0.353 e. The molecule has 20 heavy (non-hydrogen) atoms. The number of amides is 1. The van der Waals surface area contributed by atoms with E-state index in [4.69, 9.17) is 5.73 Å². The predicted octanol–water partition coefficient (Wildman–Crippen LogP) is 0.878. The molecule has 5 heteroatoms. The maximum absolute atomic E-state index is 11.9. The third kappa shape index (κ3) is 4.20. The highest BCUT2D eigenvalue weighted by Gasteiger charge is 2.13. The summed E-state index contributed by atoms with van der Waals surface area (Å²) in [7, 11) is 0. The Morgan fingerprint density at radius 1 is 1.40 bits per heavy atom. The normalized spacial score (nSPS) is 12.1. The number of carbonyl (C=O) groups excluding carboxylic acids is 1. The van der Waals surface area contributed by atoms with Crippen molar-refractivity contribution in [1.82, 2.24) is 15.1 Å². The molecule has 1 aromatic heterocycles. The number of rotatable bonds is 6. The Labute approximate surface area is 118 Å². The maximum atomic E-state index is 11.9. The molecule has 2 aromatic rings. The van der Waals surface area contributed by atoms with Crippen molar-refractivity contribution >= 4 is 5.91 Å². The quantitative estimate of drug-likeness (QED) is 0.820. The van der Waals surface area contributed by atoms with Gasteiger partial charge in [-0.3, -0.25) is 9.48 Å². The van der Waals surface area contributed by atoms with Crippen LogP contribution in [0, 0.1) is 6.92 Å². The monoisotopic (exact) mass is 272 g/mol. The van der Waals surface area contributed by atoms with E-state index in [9.17, 15) is 4.79 Å². The highest BCUT2D eigenvalue weighted by Crippen LogP contribution is 2.01. The second kappa shape index (κ2) is 6.86. The smallest absolute Gasteiger partial charge is 0.237 e. The molecule has 3 N–H and O–H groups in total. The zero-order valence-corrected chi connectivity index (χ0v) is 11.6. The number of carbonyl (C=O) groups is 1. The van der Waals surface area contributed by atoms with Crippen molar-refractivity contribution in [3.8, 4) is 0 Å². The van der Waals surface area contributed by atoms with Gasteiger partial charge in [0.2, 0.25) is 5.91 Å². The standard InChI is InChI=1S/C15H20N4O/c1-12-10-18-19(11-12)8-7-17-15(20)14(16)9-13-5-3-2-4-6-13/h2-6,10-11,14H,7-9,16H2,1H3,(H,17,20)/t14-/m0/s1. The summed E-state index contributed by atoms with van der Waals surface area (Å²) in [6, 6.07) is 9.26. The molecule has 0 radical (unpaired) electrons. The minimum Gasteiger partial charge on any atom is -0.353 e. The zero-order valence-electron chi connectivity index (χ0n) is 11.6. The van der Waals surface area contributed by atoms with Crippen molar-refractivity contribution < 1.29 is 4.79 Å². The summed E-state index contributed by atoms with van der Waals surface area (Å²) in [5.74, 6) is -0.127. The molecule has 0 saturated carbocycles. The summed E-state index contributed by atoms with van der Waals surface area (Å²) in [6.45, 7) is 3.16. The first-order chi connectivity index (χ1) is 9.65. The highest BCUT2D eigenvalue weighted by molar-refractivity contribution is 5.81. The molecule has 1 amide bonds. The summed E-state index contributed by atoms with van der Waals surface area (Å²) in [5.41, 5.74) is 8.07. The molecule has 0 saturated heterocycles. The van der Waals surface area contributed by atoms with Crippen molar-refractivity contribution in [3.63, 3.8) is 0 Å². The first-order valence-electron chi connectivity index (χ1n) is 6.71. The van der Waals surface area contributed by atoms with Gasteiger partial charge in [-0.15, -0.1) is 0 Å². The van der Waals surface area contributed by atoms with Crippen LogP contribution in [0.2, 0.25) is 0 Å². The molecule has 0 unspecified atom stereocenters. The van der Waals surface area contributed by atoms with Crippen LogP contribution in [0.4, 0.5) is 0 Å². The van der Waals surface area contributed by atoms with E-state index in [1.165, 1.54) is 0 Å². The van der Waals surface area contributed by atoms with E-state index < -0.39 is 6.04 Å². The average molecular weight is 272 g/mol. The molecule has 0 fully saturated rings. The molecule has 1 aromatic carbocycles. The number of nitrogens with zero attached hydrogens (tertiary/aromatic N) is 2. The lowest BCUT2D eigenvalue weighted by Crippen LogP contribution is -2.43. The summed E-state index contributed by atoms with van der Waals surface area (Å²) in [5, 5.41) is 6.99. The summed E-state index contributed by atoms with van der Waals surface area (Å²) >= 11 is 0. The zero-order chi connectivity index (χ0) is 14.4. The van der Waals surface area contributed by atoms with Crippen LogP contribution >= 0.6 is 0 Å². The molecule has 0 spiro atoms. The van der Waals surface area contributed by atoms with Gasteiger partial charge in [0.1, 0.15) is 0 Å². The van der Waals surface area contributed by atoms with E-state index in [1.807, 2.05) is 43.5 Å². The van der Waals surface area contributed by atoms with E-state index >= 15 is 0 Å². The van der Waals surface area contributed by atoms with Crippen molar-refractivity contribution in [1.29, 1.82) is 0 Å². The second-order valence-electron chi connectivity index (χ2n) is 4.87. The fraction of sp³-hybridized carbons (Fsp3) is 0.333. The Morgan fingerprint density at radius 2 is 2.15 bits per heavy atom. The lowest BCUT2D eigenvalue weighted by atomic mass is 10.1. The van der Waals surface area contributed by atoms with Crippen LogP contribution < -0.4 is 11.1 Å². The van der Waals surface area contributed by atoms with E-state index in [0.29, 0.717) is 19.5 Å². The molecule has 1 heterocycles. The van der Waals surface area contributed by atoms with Gasteiger partial charge in [-0.25, -0.2) is 0 Å². The Morgan fingerprint density at radius 3 is 2.80 bits per heavy atom. The lowest BCUT2D eigenvalue weighted by molar-refractivity contribution is -0.122. The third-order valence-corrected chi connectivity index (χ3v) is 3.04. The predicted molar refractivity (Wildman–Crippen MR) is 78.1 cm³/mol. The van der Waals surface area contributed by atoms with Crippen molar-refractivity contribution in [2.24, 2.45) is 5.73 Å². The molecule has 106 valence electrons. The molecule has 1 atom stereocenters. The maximum Gasteiger partial charge on any atom is 0.237 e. The van der Waals surface area contributed by atoms with Gasteiger partial charge in [-0.05, 0) is 24.5 Å². The van der Waals surface area contributed by atoms with Crippen molar-refractivity contribution in [2.75, 3.05) is 6.54 Å². The van der Waals surface area contributed by atoms with E-state index in [1.54, 1.807) is 10.9 Å². The number of aryl methyl sites for hydroxylation is 1. The fourth-order valence-electron chi connectivity index (χ4n) is 1.97. The summed E-state index contributed by atoms with van der Waals surface area (Å²) in [4.78, 5) is 11.9. The highest BCUT2D eigenvalue weighted by atomic mass is 16.2. The van der Waals surface area contributed by atoms with Gasteiger partial charge in [-0.1, -0.05) is 30.3 Å². The molecule has 2 rings (SSSR count). The number of hydrogen-bond donors (Lipinski definition) is 2. The van der Waals surface area contributed by atoms with Crippen molar-refractivity contribution in [3.05, 3.63) is 53.9 Å². The van der Waals surface area contributed by atoms with Gasteiger partial charge >= 0.3 is 0 Å². The Kier molecular flexibility index (Phi) is 4.90. The number of hydrogen-bond acceptors (Lipinski definition) is 3. The molecular weight excluding hydrogens is 252 g/mol. The van der Waals surface area contributed by atoms with Gasteiger partial charge in [0.25, 0.3) is 0 Å². The van der Waals surface area contributed by atoms with Crippen LogP contribution in [0.1, 0.15) is 11.1 Å². The van der Waals surface area contributed by atoms with Crippen LogP contribution in [0.25, 0.3) is 0 Å². The Hall–Kier alpha value is -2.14. The number of nitrogens with one attached hydrogen (secondary N) is 1. The van der Waals surface area contributed by atoms with Crippen LogP contribution in [-0.4, -0.2) is 28.3 Å². The van der Waals surface area contributed by atoms with Crippen LogP contribution in [0.15, 0.2) is 42.7 Å². The molecule has 5 nitrogen and oxygen atoms in total. The third-order valence-electron chi connectivity index (χ3n) is 3.04. The van der Waals surface area contributed by atoms with E-state index in [0.717, 1.165) is 11.1 Å². The number of aromatic nitrogens is 2. The topological polar surface area (TPSA) is 72.9 Å². The summed E-state index contributed by atoms with van der Waals surface area (Å²) < 4.78 is 1.80. The van der Waals surface area contributed by atoms with Crippen LogP contribution in [0.5, 0.6) is 0 Å². The van der Waals surface area contributed by atoms with E-state index in [2.05, 4.69) is 10.4 Å². The molecule has 0 aliphatic carbocycles. The minimum absolute atomic E-state index is 0.127. The van der Waals surface area contributed by atoms with E-state index in [-0.39, 0.29) is 5.91 Å². The number of nitrogens with two attached hydrogens (primary N) is 1. The first-order valence-corrected chi connectivity index (χ1v) is 6.71. The van der Waals surface area contributed by atoms with Crippen LogP contribution in [-0.2, 0) is 17.8 Å². The fourth-order valence-corrected chi connectivity index (χ4v) is 1.97. The lowest BCUT2D eigenvalue weighted by Gasteiger charge is -2.12. The summed E-state index contributed by atoms with van der Waals surface area (Å²) in [6.07, 6.45) is 4.28. The minimum atomic E-state index is -0.517. The Balaban J connectivity index is 1.74. The van der Waals surface area contributed by atoms with Gasteiger partial charge in [0.15, 0.2) is 0 Å². The number of benzene rings is 1. The first kappa shape index (κ1) is 14.3. The Bertz CT molecular complexity index is 550. The van der Waals surface area contributed by atoms with Gasteiger partial charge in [0, 0.05) is 12.7 Å². The van der Waals surface area contributed by atoms with Gasteiger partial charge in [0.05, 0.1) is 18.8 Å².